The Balaban J connectivity index is 2.15. The minimum atomic E-state index is -0.892. The summed E-state index contributed by atoms with van der Waals surface area (Å²) in [7, 11) is 0. The van der Waals surface area contributed by atoms with Crippen LogP contribution in [0.5, 0.6) is 5.75 Å². The van der Waals surface area contributed by atoms with Crippen molar-refractivity contribution in [3.05, 3.63) is 29.3 Å². The van der Waals surface area contributed by atoms with Crippen molar-refractivity contribution >= 4 is 5.97 Å². The normalized spacial score (nSPS) is 16.8. The van der Waals surface area contributed by atoms with Crippen LogP contribution in [0, 0.1) is 6.92 Å². The molecule has 1 aromatic carbocycles. The van der Waals surface area contributed by atoms with Gasteiger partial charge in [0.05, 0.1) is 11.7 Å². The van der Waals surface area contributed by atoms with Gasteiger partial charge in [-0.2, -0.15) is 0 Å². The van der Waals surface area contributed by atoms with Crippen LogP contribution < -0.4 is 4.74 Å². The third-order valence-corrected chi connectivity index (χ3v) is 3.36. The van der Waals surface area contributed by atoms with E-state index in [9.17, 15) is 4.79 Å². The third kappa shape index (κ3) is 2.78. The molecule has 0 heterocycles. The molecule has 1 aliphatic rings. The van der Waals surface area contributed by atoms with Gasteiger partial charge in [0, 0.05) is 5.56 Å². The lowest BCUT2D eigenvalue weighted by atomic mass is 9.97. The van der Waals surface area contributed by atoms with Crippen LogP contribution in [0.25, 0.3) is 0 Å². The van der Waals surface area contributed by atoms with Crippen LogP contribution in [0.4, 0.5) is 0 Å². The first-order chi connectivity index (χ1) is 8.18. The first-order valence-electron chi connectivity index (χ1n) is 6.18. The summed E-state index contributed by atoms with van der Waals surface area (Å²) in [5, 5.41) is 9.04. The molecule has 0 atom stereocenters. The highest BCUT2D eigenvalue weighted by molar-refractivity contribution is 5.90. The van der Waals surface area contributed by atoms with E-state index in [1.165, 1.54) is 19.3 Å². The molecule has 3 nitrogen and oxygen atoms in total. The van der Waals surface area contributed by atoms with Gasteiger partial charge in [-0.25, -0.2) is 4.79 Å². The van der Waals surface area contributed by atoms with Crippen LogP contribution in [-0.4, -0.2) is 17.2 Å². The zero-order valence-electron chi connectivity index (χ0n) is 10.1. The summed E-state index contributed by atoms with van der Waals surface area (Å²) in [5.41, 5.74) is 1.06. The van der Waals surface area contributed by atoms with Crippen LogP contribution >= 0.6 is 0 Å². The number of aromatic carboxylic acids is 1. The molecule has 1 fully saturated rings. The highest BCUT2D eigenvalue weighted by Crippen LogP contribution is 2.27. The molecular formula is C14H18O3. The summed E-state index contributed by atoms with van der Waals surface area (Å²) in [4.78, 5) is 11.0. The van der Waals surface area contributed by atoms with Gasteiger partial charge in [0.15, 0.2) is 0 Å². The molecule has 1 N–H and O–H groups in total. The van der Waals surface area contributed by atoms with Crippen LogP contribution in [-0.2, 0) is 0 Å². The van der Waals surface area contributed by atoms with Crippen molar-refractivity contribution in [1.82, 2.24) is 0 Å². The third-order valence-electron chi connectivity index (χ3n) is 3.36. The van der Waals surface area contributed by atoms with Crippen molar-refractivity contribution in [1.29, 1.82) is 0 Å². The van der Waals surface area contributed by atoms with Gasteiger partial charge in [-0.15, -0.1) is 0 Å². The SMILES string of the molecule is Cc1c(OC2CCCCC2)cccc1C(=O)O. The summed E-state index contributed by atoms with van der Waals surface area (Å²) in [6.45, 7) is 1.81. The Bertz CT molecular complexity index is 406. The van der Waals surface area contributed by atoms with Gasteiger partial charge in [-0.1, -0.05) is 12.5 Å². The zero-order valence-corrected chi connectivity index (χ0v) is 10.1. The summed E-state index contributed by atoms with van der Waals surface area (Å²) in [6, 6.07) is 5.22. The Labute approximate surface area is 101 Å². The lowest BCUT2D eigenvalue weighted by Gasteiger charge is -2.24. The molecule has 0 amide bonds. The molecule has 0 unspecified atom stereocenters. The summed E-state index contributed by atoms with van der Waals surface area (Å²) in [5.74, 6) is -0.173. The summed E-state index contributed by atoms with van der Waals surface area (Å²) < 4.78 is 5.91. The topological polar surface area (TPSA) is 46.5 Å². The first kappa shape index (κ1) is 12.0. The molecule has 1 aliphatic carbocycles. The Kier molecular flexibility index (Phi) is 3.67. The number of carboxylic acids is 1. The van der Waals surface area contributed by atoms with E-state index < -0.39 is 5.97 Å². The van der Waals surface area contributed by atoms with E-state index in [2.05, 4.69) is 0 Å². The molecular weight excluding hydrogens is 216 g/mol. The second-order valence-corrected chi connectivity index (χ2v) is 4.61. The largest absolute Gasteiger partial charge is 0.490 e. The highest BCUT2D eigenvalue weighted by atomic mass is 16.5. The Hall–Kier alpha value is -1.51. The number of hydrogen-bond donors (Lipinski definition) is 1. The molecule has 1 saturated carbocycles. The molecule has 2 rings (SSSR count). The van der Waals surface area contributed by atoms with E-state index in [0.29, 0.717) is 5.56 Å². The first-order valence-corrected chi connectivity index (χ1v) is 6.18. The number of benzene rings is 1. The molecule has 0 radical (unpaired) electrons. The van der Waals surface area contributed by atoms with Crippen molar-refractivity contribution in [3.63, 3.8) is 0 Å². The molecule has 0 aliphatic heterocycles. The maximum Gasteiger partial charge on any atom is 0.336 e. The van der Waals surface area contributed by atoms with Gasteiger partial charge in [0.1, 0.15) is 5.75 Å². The quantitative estimate of drug-likeness (QED) is 0.871. The van der Waals surface area contributed by atoms with Gasteiger partial charge < -0.3 is 9.84 Å². The second-order valence-electron chi connectivity index (χ2n) is 4.61. The van der Waals surface area contributed by atoms with Crippen molar-refractivity contribution in [3.8, 4) is 5.75 Å². The number of ether oxygens (including phenoxy) is 1. The fraction of sp³-hybridized carbons (Fsp3) is 0.500. The van der Waals surface area contributed by atoms with Gasteiger partial charge in [0.25, 0.3) is 0 Å². The number of carbonyl (C=O) groups is 1. The standard InChI is InChI=1S/C14H18O3/c1-10-12(14(15)16)8-5-9-13(10)17-11-6-3-2-4-7-11/h5,8-9,11H,2-4,6-7H2,1H3,(H,15,16). The lowest BCUT2D eigenvalue weighted by Crippen LogP contribution is -2.20. The Morgan fingerprint density at radius 3 is 2.65 bits per heavy atom. The second kappa shape index (κ2) is 5.21. The van der Waals surface area contributed by atoms with Crippen molar-refractivity contribution in [2.75, 3.05) is 0 Å². The van der Waals surface area contributed by atoms with Crippen molar-refractivity contribution < 1.29 is 14.6 Å². The predicted octanol–water partition coefficient (Wildman–Crippen LogP) is 3.40. The fourth-order valence-electron chi connectivity index (χ4n) is 2.34. The van der Waals surface area contributed by atoms with E-state index in [1.807, 2.05) is 13.0 Å². The fourth-order valence-corrected chi connectivity index (χ4v) is 2.34. The molecule has 0 bridgehead atoms. The maximum absolute atomic E-state index is 11.0. The van der Waals surface area contributed by atoms with Crippen molar-refractivity contribution in [2.45, 2.75) is 45.1 Å². The molecule has 3 heteroatoms. The highest BCUT2D eigenvalue weighted by Gasteiger charge is 2.17. The molecule has 0 saturated heterocycles. The lowest BCUT2D eigenvalue weighted by molar-refractivity contribution is 0.0694. The number of carboxylic acid groups (broad SMARTS) is 1. The summed E-state index contributed by atoms with van der Waals surface area (Å²) in [6.07, 6.45) is 6.12. The maximum atomic E-state index is 11.0. The number of hydrogen-bond acceptors (Lipinski definition) is 2. The molecule has 1 aromatic rings. The van der Waals surface area contributed by atoms with Gasteiger partial charge in [-0.05, 0) is 44.7 Å². The Morgan fingerprint density at radius 1 is 1.29 bits per heavy atom. The van der Waals surface area contributed by atoms with Crippen LogP contribution in [0.2, 0.25) is 0 Å². The van der Waals surface area contributed by atoms with E-state index in [0.717, 1.165) is 24.2 Å². The van der Waals surface area contributed by atoms with E-state index in [1.54, 1.807) is 12.1 Å². The molecule has 0 spiro atoms. The minimum Gasteiger partial charge on any atom is -0.490 e. The van der Waals surface area contributed by atoms with Gasteiger partial charge in [0.2, 0.25) is 0 Å². The minimum absolute atomic E-state index is 0.256. The average molecular weight is 234 g/mol. The predicted molar refractivity (Wildman–Crippen MR) is 65.6 cm³/mol. The average Bonchev–Trinajstić information content (AvgIpc) is 2.33. The van der Waals surface area contributed by atoms with Gasteiger partial charge >= 0.3 is 5.97 Å². The monoisotopic (exact) mass is 234 g/mol. The Morgan fingerprint density at radius 2 is 2.00 bits per heavy atom. The van der Waals surface area contributed by atoms with E-state index in [-0.39, 0.29) is 6.10 Å². The van der Waals surface area contributed by atoms with E-state index >= 15 is 0 Å². The van der Waals surface area contributed by atoms with Crippen LogP contribution in [0.15, 0.2) is 18.2 Å². The molecule has 0 aromatic heterocycles. The van der Waals surface area contributed by atoms with Crippen LogP contribution in [0.1, 0.15) is 48.0 Å². The van der Waals surface area contributed by atoms with Crippen molar-refractivity contribution in [2.24, 2.45) is 0 Å². The van der Waals surface area contributed by atoms with Gasteiger partial charge in [-0.3, -0.25) is 0 Å². The van der Waals surface area contributed by atoms with E-state index in [4.69, 9.17) is 9.84 Å². The molecule has 92 valence electrons. The smallest absolute Gasteiger partial charge is 0.336 e. The number of rotatable bonds is 3. The van der Waals surface area contributed by atoms with Crippen LogP contribution in [0.3, 0.4) is 0 Å². The molecule has 17 heavy (non-hydrogen) atoms. The zero-order chi connectivity index (χ0) is 12.3. The summed E-state index contributed by atoms with van der Waals surface area (Å²) >= 11 is 0.